The van der Waals surface area contributed by atoms with Crippen molar-refractivity contribution in [1.82, 2.24) is 9.88 Å². The number of amides is 1. The number of carbonyl (C=O) groups is 1. The highest BCUT2D eigenvalue weighted by Crippen LogP contribution is 2.28. The summed E-state index contributed by atoms with van der Waals surface area (Å²) in [4.78, 5) is 18.5. The van der Waals surface area contributed by atoms with Gasteiger partial charge in [0.15, 0.2) is 0 Å². The molecule has 1 aliphatic heterocycles. The lowest BCUT2D eigenvalue weighted by molar-refractivity contribution is -0.132. The second-order valence-electron chi connectivity index (χ2n) is 11.4. The van der Waals surface area contributed by atoms with Crippen molar-refractivity contribution in [1.29, 1.82) is 0 Å². The van der Waals surface area contributed by atoms with Gasteiger partial charge in [-0.05, 0) is 49.4 Å². The van der Waals surface area contributed by atoms with E-state index in [1.807, 2.05) is 6.07 Å². The maximum absolute atomic E-state index is 13.0. The van der Waals surface area contributed by atoms with Gasteiger partial charge in [-0.25, -0.2) is 0 Å². The normalized spacial score (nSPS) is 15.6. The summed E-state index contributed by atoms with van der Waals surface area (Å²) < 4.78 is 5.42. The van der Waals surface area contributed by atoms with E-state index in [0.717, 1.165) is 49.9 Å². The molecule has 37 heavy (non-hydrogen) atoms. The van der Waals surface area contributed by atoms with Gasteiger partial charge >= 0.3 is 0 Å². The molecule has 0 saturated carbocycles. The second-order valence-corrected chi connectivity index (χ2v) is 11.4. The zero-order chi connectivity index (χ0) is 26.1. The van der Waals surface area contributed by atoms with Crippen LogP contribution in [0, 0.1) is 0 Å². The molecule has 1 amide bonds. The maximum atomic E-state index is 13.0. The molecule has 1 saturated heterocycles. The number of fused-ring (bicyclic) bond motifs is 1. The molecular weight excluding hydrogens is 456 g/mol. The predicted molar refractivity (Wildman–Crippen MR) is 157 cm³/mol. The molecular formula is C33H54N2O2. The van der Waals surface area contributed by atoms with Gasteiger partial charge in [0.05, 0.1) is 7.11 Å². The summed E-state index contributed by atoms with van der Waals surface area (Å²) in [6, 6.07) is 6.51. The van der Waals surface area contributed by atoms with E-state index in [0.29, 0.717) is 11.9 Å². The number of H-pyrrole nitrogens is 1. The maximum Gasteiger partial charge on any atom is 0.222 e. The van der Waals surface area contributed by atoms with Crippen molar-refractivity contribution in [2.75, 3.05) is 13.7 Å². The highest BCUT2D eigenvalue weighted by molar-refractivity contribution is 5.85. The summed E-state index contributed by atoms with van der Waals surface area (Å²) in [5, 5.41) is 1.22. The standard InChI is InChI=1S/C33H54N2O2/c1-3-4-5-6-7-8-9-10-11-12-13-14-15-16-17-18-21-33(36)35-24-19-20-29(35)25-28-27-34-32-23-22-30(37-2)26-31(28)32/h22-23,26-27,29,34H,3-21,24-25H2,1-2H3/t29-/m1/s1. The Morgan fingerprint density at radius 2 is 1.49 bits per heavy atom. The Hall–Kier alpha value is -1.97. The number of hydrogen-bond acceptors (Lipinski definition) is 2. The van der Waals surface area contributed by atoms with Gasteiger partial charge in [0.25, 0.3) is 0 Å². The Kier molecular flexibility index (Phi) is 14.0. The molecule has 0 unspecified atom stereocenters. The third-order valence-electron chi connectivity index (χ3n) is 8.37. The van der Waals surface area contributed by atoms with Crippen LogP contribution in [0.5, 0.6) is 5.75 Å². The molecule has 3 rings (SSSR count). The van der Waals surface area contributed by atoms with E-state index < -0.39 is 0 Å². The van der Waals surface area contributed by atoms with E-state index in [1.54, 1.807) is 7.11 Å². The number of unbranched alkanes of at least 4 members (excludes halogenated alkanes) is 15. The van der Waals surface area contributed by atoms with E-state index in [1.165, 1.54) is 107 Å². The Morgan fingerprint density at radius 1 is 0.892 bits per heavy atom. The Bertz CT molecular complexity index is 890. The number of hydrogen-bond donors (Lipinski definition) is 1. The minimum absolute atomic E-state index is 0.332. The first kappa shape index (κ1) is 29.6. The van der Waals surface area contributed by atoms with Crippen LogP contribution >= 0.6 is 0 Å². The van der Waals surface area contributed by atoms with E-state index >= 15 is 0 Å². The minimum atomic E-state index is 0.332. The van der Waals surface area contributed by atoms with Crippen LogP contribution in [0.25, 0.3) is 10.9 Å². The van der Waals surface area contributed by atoms with Crippen LogP contribution in [0.1, 0.15) is 134 Å². The van der Waals surface area contributed by atoms with Gasteiger partial charge in [0.2, 0.25) is 5.91 Å². The van der Waals surface area contributed by atoms with Crippen LogP contribution in [-0.2, 0) is 11.2 Å². The second kappa shape index (κ2) is 17.5. The fourth-order valence-corrected chi connectivity index (χ4v) is 6.05. The molecule has 0 aliphatic carbocycles. The van der Waals surface area contributed by atoms with Crippen molar-refractivity contribution >= 4 is 16.8 Å². The van der Waals surface area contributed by atoms with E-state index in [-0.39, 0.29) is 0 Å². The van der Waals surface area contributed by atoms with Crippen LogP contribution in [0.2, 0.25) is 0 Å². The third-order valence-corrected chi connectivity index (χ3v) is 8.37. The van der Waals surface area contributed by atoms with Gasteiger partial charge in [-0.1, -0.05) is 103 Å². The van der Waals surface area contributed by atoms with Crippen LogP contribution < -0.4 is 4.74 Å². The third kappa shape index (κ3) is 10.4. The van der Waals surface area contributed by atoms with Gasteiger partial charge in [-0.15, -0.1) is 0 Å². The lowest BCUT2D eigenvalue weighted by Crippen LogP contribution is -2.36. The number of carbonyl (C=O) groups excluding carboxylic acids is 1. The zero-order valence-corrected chi connectivity index (χ0v) is 24.0. The van der Waals surface area contributed by atoms with Crippen molar-refractivity contribution in [3.8, 4) is 5.75 Å². The highest BCUT2D eigenvalue weighted by Gasteiger charge is 2.29. The fourth-order valence-electron chi connectivity index (χ4n) is 6.05. The molecule has 1 aliphatic rings. The van der Waals surface area contributed by atoms with Crippen molar-refractivity contribution < 1.29 is 9.53 Å². The Morgan fingerprint density at radius 3 is 2.08 bits per heavy atom. The summed E-state index contributed by atoms with van der Waals surface area (Å²) in [6.07, 6.45) is 27.9. The molecule has 1 aromatic carbocycles. The van der Waals surface area contributed by atoms with Gasteiger partial charge in [-0.3, -0.25) is 4.79 Å². The average molecular weight is 511 g/mol. The predicted octanol–water partition coefficient (Wildman–Crippen LogP) is 9.36. The number of nitrogens with one attached hydrogen (secondary N) is 1. The molecule has 1 atom stereocenters. The van der Waals surface area contributed by atoms with E-state index in [9.17, 15) is 4.79 Å². The minimum Gasteiger partial charge on any atom is -0.497 e. The summed E-state index contributed by atoms with van der Waals surface area (Å²) in [7, 11) is 1.71. The van der Waals surface area contributed by atoms with Crippen LogP contribution in [0.4, 0.5) is 0 Å². The Labute approximate surface area is 226 Å². The topological polar surface area (TPSA) is 45.3 Å². The van der Waals surface area contributed by atoms with Crippen LogP contribution in [0.15, 0.2) is 24.4 Å². The van der Waals surface area contributed by atoms with Crippen LogP contribution in [-0.4, -0.2) is 35.5 Å². The molecule has 0 spiro atoms. The summed E-state index contributed by atoms with van der Waals surface area (Å²) in [6.45, 7) is 3.21. The highest BCUT2D eigenvalue weighted by atomic mass is 16.5. The number of rotatable bonds is 20. The molecule has 2 heterocycles. The monoisotopic (exact) mass is 510 g/mol. The van der Waals surface area contributed by atoms with E-state index in [2.05, 4.69) is 35.1 Å². The summed E-state index contributed by atoms with van der Waals surface area (Å²) >= 11 is 0. The van der Waals surface area contributed by atoms with Crippen LogP contribution in [0.3, 0.4) is 0 Å². The van der Waals surface area contributed by atoms with Crippen molar-refractivity contribution in [3.63, 3.8) is 0 Å². The average Bonchev–Trinajstić information content (AvgIpc) is 3.55. The molecule has 2 aromatic rings. The van der Waals surface area contributed by atoms with Gasteiger partial charge < -0.3 is 14.6 Å². The first-order valence-electron chi connectivity index (χ1n) is 15.7. The van der Waals surface area contributed by atoms with E-state index in [4.69, 9.17) is 4.74 Å². The summed E-state index contributed by atoms with van der Waals surface area (Å²) in [5.74, 6) is 1.25. The zero-order valence-electron chi connectivity index (χ0n) is 24.0. The smallest absolute Gasteiger partial charge is 0.222 e. The molecule has 208 valence electrons. The molecule has 0 bridgehead atoms. The lowest BCUT2D eigenvalue weighted by Gasteiger charge is -2.25. The van der Waals surface area contributed by atoms with Crippen molar-refractivity contribution in [2.24, 2.45) is 0 Å². The number of nitrogens with zero attached hydrogens (tertiary/aromatic N) is 1. The molecule has 1 fully saturated rings. The van der Waals surface area contributed by atoms with Gasteiger partial charge in [0, 0.05) is 36.1 Å². The number of likely N-dealkylation sites (tertiary alicyclic amines) is 1. The van der Waals surface area contributed by atoms with Gasteiger partial charge in [-0.2, -0.15) is 0 Å². The first-order chi connectivity index (χ1) is 18.2. The molecule has 1 aromatic heterocycles. The Balaban J connectivity index is 1.21. The number of benzene rings is 1. The lowest BCUT2D eigenvalue weighted by atomic mass is 10.0. The summed E-state index contributed by atoms with van der Waals surface area (Å²) in [5.41, 5.74) is 2.43. The number of aromatic amines is 1. The first-order valence-corrected chi connectivity index (χ1v) is 15.7. The van der Waals surface area contributed by atoms with Gasteiger partial charge in [0.1, 0.15) is 5.75 Å². The molecule has 4 heteroatoms. The van der Waals surface area contributed by atoms with Crippen molar-refractivity contribution in [2.45, 2.75) is 141 Å². The number of methoxy groups -OCH3 is 1. The SMILES string of the molecule is CCCCCCCCCCCCCCCCCCC(=O)N1CCC[C@@H]1Cc1c[nH]c2ccc(OC)cc12. The largest absolute Gasteiger partial charge is 0.497 e. The molecule has 4 nitrogen and oxygen atoms in total. The fraction of sp³-hybridized carbons (Fsp3) is 0.727. The molecule has 1 N–H and O–H groups in total. The number of aromatic nitrogens is 1. The molecule has 0 radical (unpaired) electrons. The number of ether oxygens (including phenoxy) is 1. The van der Waals surface area contributed by atoms with Crippen molar-refractivity contribution in [3.05, 3.63) is 30.0 Å². The quantitative estimate of drug-likeness (QED) is 0.180.